The number of aryl methyl sites for hydroxylation is 1. The molecule has 0 radical (unpaired) electrons. The lowest BCUT2D eigenvalue weighted by Crippen LogP contribution is -2.05. The van der Waals surface area contributed by atoms with Crippen molar-refractivity contribution in [1.29, 1.82) is 0 Å². The largest absolute Gasteiger partial charge is 0.316 e. The van der Waals surface area contributed by atoms with Crippen LogP contribution in [0, 0.1) is 6.92 Å². The highest BCUT2D eigenvalue weighted by molar-refractivity contribution is 8.03. The molecule has 0 bridgehead atoms. The van der Waals surface area contributed by atoms with Gasteiger partial charge in [-0.2, -0.15) is 0 Å². The van der Waals surface area contributed by atoms with Crippen LogP contribution in [0.15, 0.2) is 26.0 Å². The molecule has 2 aromatic heterocycles. The standard InChI is InChI=1S/C11H14N4S3/c1-7-4-8(5-12-2)6-13-9(7)17-11-15-14-10(16-3)18-11/h4,6,12H,5H2,1-3H3. The zero-order chi connectivity index (χ0) is 13.0. The number of pyridine rings is 1. The Morgan fingerprint density at radius 2 is 2.11 bits per heavy atom. The number of thioether (sulfide) groups is 1. The van der Waals surface area contributed by atoms with Gasteiger partial charge in [-0.25, -0.2) is 4.98 Å². The summed E-state index contributed by atoms with van der Waals surface area (Å²) in [6.07, 6.45) is 3.91. The van der Waals surface area contributed by atoms with Gasteiger partial charge in [0.25, 0.3) is 0 Å². The van der Waals surface area contributed by atoms with E-state index in [2.05, 4.69) is 33.5 Å². The zero-order valence-corrected chi connectivity index (χ0v) is 12.9. The van der Waals surface area contributed by atoms with Gasteiger partial charge >= 0.3 is 0 Å². The Labute approximate surface area is 119 Å². The molecule has 0 aliphatic rings. The minimum absolute atomic E-state index is 0.841. The highest BCUT2D eigenvalue weighted by Gasteiger charge is 2.09. The van der Waals surface area contributed by atoms with E-state index >= 15 is 0 Å². The maximum atomic E-state index is 4.48. The van der Waals surface area contributed by atoms with Crippen LogP contribution in [-0.2, 0) is 6.54 Å². The van der Waals surface area contributed by atoms with Crippen molar-refractivity contribution in [2.75, 3.05) is 13.3 Å². The first kappa shape index (κ1) is 13.8. The second-order valence-corrected chi connectivity index (χ2v) is 6.90. The van der Waals surface area contributed by atoms with Crippen LogP contribution in [0.2, 0.25) is 0 Å². The lowest BCUT2D eigenvalue weighted by atomic mass is 10.2. The van der Waals surface area contributed by atoms with Gasteiger partial charge in [-0.05, 0) is 43.1 Å². The quantitative estimate of drug-likeness (QED) is 0.857. The van der Waals surface area contributed by atoms with E-state index in [-0.39, 0.29) is 0 Å². The van der Waals surface area contributed by atoms with Gasteiger partial charge in [-0.1, -0.05) is 29.2 Å². The lowest BCUT2D eigenvalue weighted by Gasteiger charge is -2.05. The third-order valence-corrected chi connectivity index (χ3v) is 5.28. The molecule has 0 aliphatic carbocycles. The Kier molecular flexibility index (Phi) is 4.99. The summed E-state index contributed by atoms with van der Waals surface area (Å²) in [6.45, 7) is 2.92. The normalized spacial score (nSPS) is 10.8. The monoisotopic (exact) mass is 298 g/mol. The molecule has 0 saturated carbocycles. The zero-order valence-electron chi connectivity index (χ0n) is 10.4. The van der Waals surface area contributed by atoms with Crippen LogP contribution < -0.4 is 5.32 Å². The second-order valence-electron chi connectivity index (χ2n) is 3.64. The van der Waals surface area contributed by atoms with Crippen molar-refractivity contribution < 1.29 is 0 Å². The van der Waals surface area contributed by atoms with Crippen molar-refractivity contribution in [3.63, 3.8) is 0 Å². The summed E-state index contributed by atoms with van der Waals surface area (Å²) < 4.78 is 1.93. The minimum Gasteiger partial charge on any atom is -0.316 e. The van der Waals surface area contributed by atoms with Crippen molar-refractivity contribution >= 4 is 34.9 Å². The van der Waals surface area contributed by atoms with E-state index in [1.54, 1.807) is 34.9 Å². The molecule has 2 aromatic rings. The SMILES string of the molecule is CNCc1cnc(Sc2nnc(SC)s2)c(C)c1. The fourth-order valence-electron chi connectivity index (χ4n) is 1.43. The van der Waals surface area contributed by atoms with Gasteiger partial charge in [-0.3, -0.25) is 0 Å². The van der Waals surface area contributed by atoms with E-state index in [1.807, 2.05) is 19.5 Å². The Morgan fingerprint density at radius 1 is 1.33 bits per heavy atom. The van der Waals surface area contributed by atoms with Gasteiger partial charge < -0.3 is 5.32 Å². The van der Waals surface area contributed by atoms with E-state index in [4.69, 9.17) is 0 Å². The molecule has 4 nitrogen and oxygen atoms in total. The second kappa shape index (κ2) is 6.51. The van der Waals surface area contributed by atoms with E-state index in [0.29, 0.717) is 0 Å². The van der Waals surface area contributed by atoms with E-state index in [9.17, 15) is 0 Å². The first-order valence-corrected chi connectivity index (χ1v) is 8.24. The molecule has 2 heterocycles. The molecule has 0 aromatic carbocycles. The number of nitrogens with zero attached hydrogens (tertiary/aromatic N) is 3. The number of hydrogen-bond acceptors (Lipinski definition) is 7. The molecule has 0 fully saturated rings. The van der Waals surface area contributed by atoms with Crippen molar-refractivity contribution in [2.45, 2.75) is 27.2 Å². The molecular formula is C11H14N4S3. The average molecular weight is 298 g/mol. The first-order chi connectivity index (χ1) is 8.72. The number of hydrogen-bond donors (Lipinski definition) is 1. The van der Waals surface area contributed by atoms with Crippen molar-refractivity contribution in [3.05, 3.63) is 23.4 Å². The van der Waals surface area contributed by atoms with Crippen LogP contribution >= 0.6 is 34.9 Å². The molecule has 0 spiro atoms. The number of rotatable bonds is 5. The summed E-state index contributed by atoms with van der Waals surface area (Å²) in [7, 11) is 1.93. The Bertz CT molecular complexity index is 527. The van der Waals surface area contributed by atoms with Gasteiger partial charge in [-0.15, -0.1) is 10.2 Å². The van der Waals surface area contributed by atoms with Crippen LogP contribution in [0.4, 0.5) is 0 Å². The summed E-state index contributed by atoms with van der Waals surface area (Å²) in [5, 5.41) is 12.3. The smallest absolute Gasteiger partial charge is 0.181 e. The summed E-state index contributed by atoms with van der Waals surface area (Å²) in [6, 6.07) is 2.16. The fraction of sp³-hybridized carbons (Fsp3) is 0.364. The molecule has 7 heteroatoms. The first-order valence-electron chi connectivity index (χ1n) is 5.38. The van der Waals surface area contributed by atoms with Crippen LogP contribution in [0.25, 0.3) is 0 Å². The van der Waals surface area contributed by atoms with Crippen molar-refractivity contribution in [3.8, 4) is 0 Å². The molecule has 0 saturated heterocycles. The Balaban J connectivity index is 2.13. The molecule has 0 amide bonds. The highest BCUT2D eigenvalue weighted by Crippen LogP contribution is 2.33. The van der Waals surface area contributed by atoms with Crippen molar-refractivity contribution in [2.24, 2.45) is 0 Å². The van der Waals surface area contributed by atoms with Gasteiger partial charge in [0.15, 0.2) is 8.68 Å². The molecular weight excluding hydrogens is 284 g/mol. The minimum atomic E-state index is 0.841. The average Bonchev–Trinajstić information content (AvgIpc) is 2.81. The molecule has 0 unspecified atom stereocenters. The Hall–Kier alpha value is -0.630. The molecule has 18 heavy (non-hydrogen) atoms. The summed E-state index contributed by atoms with van der Waals surface area (Å²) >= 11 is 4.80. The summed E-state index contributed by atoms with van der Waals surface area (Å²) in [4.78, 5) is 4.48. The van der Waals surface area contributed by atoms with E-state index in [1.165, 1.54) is 11.1 Å². The maximum Gasteiger partial charge on any atom is 0.181 e. The van der Waals surface area contributed by atoms with Gasteiger partial charge in [0.2, 0.25) is 0 Å². The number of aromatic nitrogens is 3. The molecule has 2 rings (SSSR count). The summed E-state index contributed by atoms with van der Waals surface area (Å²) in [5.41, 5.74) is 2.37. The molecule has 1 N–H and O–H groups in total. The highest BCUT2D eigenvalue weighted by atomic mass is 32.2. The fourth-order valence-corrected chi connectivity index (χ4v) is 3.81. The van der Waals surface area contributed by atoms with E-state index in [0.717, 1.165) is 20.3 Å². The van der Waals surface area contributed by atoms with Crippen LogP contribution in [-0.4, -0.2) is 28.5 Å². The predicted molar refractivity (Wildman–Crippen MR) is 77.6 cm³/mol. The maximum absolute atomic E-state index is 4.48. The van der Waals surface area contributed by atoms with Crippen LogP contribution in [0.5, 0.6) is 0 Å². The van der Waals surface area contributed by atoms with Gasteiger partial charge in [0.05, 0.1) is 0 Å². The van der Waals surface area contributed by atoms with Gasteiger partial charge in [0.1, 0.15) is 5.03 Å². The molecule has 0 aliphatic heterocycles. The Morgan fingerprint density at radius 3 is 2.72 bits per heavy atom. The van der Waals surface area contributed by atoms with Gasteiger partial charge in [0, 0.05) is 12.7 Å². The van der Waals surface area contributed by atoms with Crippen LogP contribution in [0.1, 0.15) is 11.1 Å². The summed E-state index contributed by atoms with van der Waals surface area (Å²) in [5.74, 6) is 0. The molecule has 96 valence electrons. The number of nitrogens with one attached hydrogen (secondary N) is 1. The van der Waals surface area contributed by atoms with Crippen molar-refractivity contribution in [1.82, 2.24) is 20.5 Å². The predicted octanol–water partition coefficient (Wildman–Crippen LogP) is 2.83. The van der Waals surface area contributed by atoms with E-state index < -0.39 is 0 Å². The molecule has 0 atom stereocenters. The topological polar surface area (TPSA) is 50.7 Å². The lowest BCUT2D eigenvalue weighted by molar-refractivity contribution is 0.806. The van der Waals surface area contributed by atoms with Crippen LogP contribution in [0.3, 0.4) is 0 Å². The third-order valence-electron chi connectivity index (χ3n) is 2.21. The third kappa shape index (κ3) is 3.44.